The number of benzene rings is 1. The van der Waals surface area contributed by atoms with E-state index < -0.39 is 0 Å². The van der Waals surface area contributed by atoms with Crippen LogP contribution < -0.4 is 4.90 Å². The van der Waals surface area contributed by atoms with Crippen molar-refractivity contribution in [2.75, 3.05) is 38.1 Å². The number of hydrogen-bond acceptors (Lipinski definition) is 3. The van der Waals surface area contributed by atoms with Crippen LogP contribution in [0.15, 0.2) is 39.9 Å². The van der Waals surface area contributed by atoms with E-state index in [1.54, 1.807) is 0 Å². The predicted octanol–water partition coefficient (Wildman–Crippen LogP) is 4.60. The fourth-order valence-corrected chi connectivity index (χ4v) is 4.92. The Morgan fingerprint density at radius 2 is 1.92 bits per heavy atom. The SMILES string of the molecule is CN1CCN(c2ccc(Br)c3c2N=C(Cl)C2=CCCc4ccn-3c42)CC1. The molecule has 0 radical (unpaired) electrons. The van der Waals surface area contributed by atoms with Crippen LogP contribution in [0.2, 0.25) is 0 Å². The lowest BCUT2D eigenvalue weighted by Gasteiger charge is -2.35. The molecule has 2 aliphatic heterocycles. The number of nitrogens with zero attached hydrogens (tertiary/aromatic N) is 4. The first-order chi connectivity index (χ1) is 12.6. The average molecular weight is 432 g/mol. The Bertz CT molecular complexity index is 951. The molecule has 4 nitrogen and oxygen atoms in total. The fraction of sp³-hybridized carbons (Fsp3) is 0.350. The van der Waals surface area contributed by atoms with E-state index in [1.807, 2.05) is 0 Å². The van der Waals surface area contributed by atoms with Gasteiger partial charge in [-0.1, -0.05) is 17.7 Å². The van der Waals surface area contributed by atoms with Crippen molar-refractivity contribution >= 4 is 49.6 Å². The molecule has 1 fully saturated rings. The van der Waals surface area contributed by atoms with Crippen molar-refractivity contribution in [3.8, 4) is 5.69 Å². The highest BCUT2D eigenvalue weighted by molar-refractivity contribution is 9.10. The highest BCUT2D eigenvalue weighted by Gasteiger charge is 2.29. The molecule has 6 heteroatoms. The third kappa shape index (κ3) is 2.48. The molecule has 0 saturated carbocycles. The smallest absolute Gasteiger partial charge is 0.138 e. The summed E-state index contributed by atoms with van der Waals surface area (Å²) in [5, 5.41) is 0.595. The van der Waals surface area contributed by atoms with E-state index in [9.17, 15) is 0 Å². The molecule has 0 unspecified atom stereocenters. The minimum atomic E-state index is 0.595. The van der Waals surface area contributed by atoms with Crippen LogP contribution in [0.3, 0.4) is 0 Å². The van der Waals surface area contributed by atoms with Gasteiger partial charge in [0.2, 0.25) is 0 Å². The van der Waals surface area contributed by atoms with Gasteiger partial charge in [0.05, 0.1) is 17.1 Å². The highest BCUT2D eigenvalue weighted by Crippen LogP contribution is 2.46. The quantitative estimate of drug-likeness (QED) is 0.659. The van der Waals surface area contributed by atoms with Gasteiger partial charge in [0.1, 0.15) is 10.9 Å². The molecular weight excluding hydrogens is 412 g/mol. The standard InChI is InChI=1S/C20H20BrClN4/c1-24-9-11-25(12-10-24)16-6-5-15(21)19-17(16)23-20(22)14-4-2-3-13-7-8-26(19)18(13)14/h4-8H,2-3,9-12H2,1H3. The van der Waals surface area contributed by atoms with Crippen molar-refractivity contribution < 1.29 is 0 Å². The minimum Gasteiger partial charge on any atom is -0.367 e. The maximum absolute atomic E-state index is 6.72. The first kappa shape index (κ1) is 16.6. The Labute approximate surface area is 166 Å². The van der Waals surface area contributed by atoms with Gasteiger partial charge in [0.15, 0.2) is 0 Å². The number of aliphatic imine (C=N–C) groups is 1. The lowest BCUT2D eigenvalue weighted by molar-refractivity contribution is 0.313. The van der Waals surface area contributed by atoms with E-state index in [0.717, 1.165) is 66.1 Å². The summed E-state index contributed by atoms with van der Waals surface area (Å²) in [6.07, 6.45) is 6.45. The summed E-state index contributed by atoms with van der Waals surface area (Å²) in [5.41, 5.74) is 6.82. The molecule has 1 saturated heterocycles. The lowest BCUT2D eigenvalue weighted by atomic mass is 9.98. The van der Waals surface area contributed by atoms with E-state index in [1.165, 1.54) is 11.3 Å². The molecule has 1 aliphatic carbocycles. The van der Waals surface area contributed by atoms with Crippen molar-refractivity contribution in [2.24, 2.45) is 4.99 Å². The molecule has 1 aromatic carbocycles. The molecule has 26 heavy (non-hydrogen) atoms. The number of halogens is 2. The van der Waals surface area contributed by atoms with Crippen molar-refractivity contribution in [3.63, 3.8) is 0 Å². The first-order valence-electron chi connectivity index (χ1n) is 9.05. The van der Waals surface area contributed by atoms with Crippen LogP contribution in [0.25, 0.3) is 11.3 Å². The molecule has 0 bridgehead atoms. The predicted molar refractivity (Wildman–Crippen MR) is 112 cm³/mol. The molecular formula is C20H20BrClN4. The van der Waals surface area contributed by atoms with Gasteiger partial charge in [-0.05, 0) is 59.6 Å². The summed E-state index contributed by atoms with van der Waals surface area (Å²) in [5.74, 6) is 0. The van der Waals surface area contributed by atoms with E-state index in [4.69, 9.17) is 16.6 Å². The second kappa shape index (κ2) is 6.25. The highest BCUT2D eigenvalue weighted by atomic mass is 79.9. The van der Waals surface area contributed by atoms with Gasteiger partial charge >= 0.3 is 0 Å². The Kier molecular flexibility index (Phi) is 3.99. The number of piperazine rings is 1. The number of fused-ring (bicyclic) bond motifs is 2. The molecule has 134 valence electrons. The van der Waals surface area contributed by atoms with Crippen molar-refractivity contribution in [1.29, 1.82) is 0 Å². The maximum Gasteiger partial charge on any atom is 0.138 e. The Hall–Kier alpha value is -1.56. The summed E-state index contributed by atoms with van der Waals surface area (Å²) in [6.45, 7) is 4.13. The first-order valence-corrected chi connectivity index (χ1v) is 10.2. The van der Waals surface area contributed by atoms with Crippen LogP contribution in [-0.2, 0) is 6.42 Å². The van der Waals surface area contributed by atoms with E-state index in [-0.39, 0.29) is 0 Å². The van der Waals surface area contributed by atoms with E-state index >= 15 is 0 Å². The zero-order chi connectivity index (χ0) is 17.8. The number of aromatic nitrogens is 1. The molecule has 3 aliphatic rings. The van der Waals surface area contributed by atoms with Gasteiger partial charge in [-0.25, -0.2) is 4.99 Å². The number of allylic oxidation sites excluding steroid dienone is 2. The van der Waals surface area contributed by atoms with Crippen LogP contribution in [0.1, 0.15) is 17.7 Å². The van der Waals surface area contributed by atoms with Crippen LogP contribution in [0.5, 0.6) is 0 Å². The molecule has 3 heterocycles. The zero-order valence-corrected chi connectivity index (χ0v) is 17.0. The molecule has 0 spiro atoms. The molecule has 0 amide bonds. The maximum atomic E-state index is 6.72. The van der Waals surface area contributed by atoms with E-state index in [0.29, 0.717) is 5.17 Å². The molecule has 2 aromatic rings. The Morgan fingerprint density at radius 1 is 1.12 bits per heavy atom. The normalized spacial score (nSPS) is 19.4. The molecule has 5 rings (SSSR count). The second-order valence-corrected chi connectivity index (χ2v) is 8.39. The van der Waals surface area contributed by atoms with Crippen molar-refractivity contribution in [2.45, 2.75) is 12.8 Å². The summed E-state index contributed by atoms with van der Waals surface area (Å²) < 4.78 is 3.31. The fourth-order valence-electron chi connectivity index (χ4n) is 4.16. The summed E-state index contributed by atoms with van der Waals surface area (Å²) in [7, 11) is 2.18. The molecule has 0 atom stereocenters. The van der Waals surface area contributed by atoms with E-state index in [2.05, 4.69) is 67.8 Å². The average Bonchev–Trinajstić information content (AvgIpc) is 3.01. The van der Waals surface area contributed by atoms with Crippen molar-refractivity contribution in [1.82, 2.24) is 9.47 Å². The van der Waals surface area contributed by atoms with Crippen LogP contribution >= 0.6 is 27.5 Å². The van der Waals surface area contributed by atoms with Gasteiger partial charge in [-0.2, -0.15) is 0 Å². The van der Waals surface area contributed by atoms with Gasteiger partial charge in [0, 0.05) is 42.4 Å². The van der Waals surface area contributed by atoms with Crippen LogP contribution in [0.4, 0.5) is 11.4 Å². The zero-order valence-electron chi connectivity index (χ0n) is 14.7. The Balaban J connectivity index is 1.75. The third-order valence-electron chi connectivity index (χ3n) is 5.58. The summed E-state index contributed by atoms with van der Waals surface area (Å²) in [4.78, 5) is 9.71. The van der Waals surface area contributed by atoms with Gasteiger partial charge < -0.3 is 14.4 Å². The molecule has 1 aromatic heterocycles. The number of likely N-dealkylation sites (N-methyl/N-ethyl adjacent to an activating group) is 1. The summed E-state index contributed by atoms with van der Waals surface area (Å²) in [6, 6.07) is 6.52. The number of anilines is 1. The topological polar surface area (TPSA) is 23.8 Å². The van der Waals surface area contributed by atoms with Gasteiger partial charge in [0.25, 0.3) is 0 Å². The minimum absolute atomic E-state index is 0.595. The number of hydrogen-bond donors (Lipinski definition) is 0. The Morgan fingerprint density at radius 3 is 2.73 bits per heavy atom. The monoisotopic (exact) mass is 430 g/mol. The van der Waals surface area contributed by atoms with Crippen LogP contribution in [0, 0.1) is 0 Å². The van der Waals surface area contributed by atoms with Gasteiger partial charge in [-0.15, -0.1) is 0 Å². The van der Waals surface area contributed by atoms with Crippen LogP contribution in [-0.4, -0.2) is 47.9 Å². The largest absolute Gasteiger partial charge is 0.367 e. The number of aryl methyl sites for hydroxylation is 1. The molecule has 0 N–H and O–H groups in total. The lowest BCUT2D eigenvalue weighted by Crippen LogP contribution is -2.44. The van der Waals surface area contributed by atoms with Gasteiger partial charge in [-0.3, -0.25) is 0 Å². The van der Waals surface area contributed by atoms with Crippen molar-refractivity contribution in [3.05, 3.63) is 46.2 Å². The third-order valence-corrected chi connectivity index (χ3v) is 6.51. The summed E-state index contributed by atoms with van der Waals surface area (Å²) >= 11 is 10.5. The second-order valence-electron chi connectivity index (χ2n) is 7.17. The number of rotatable bonds is 1.